The Labute approximate surface area is 214 Å². The molecule has 1 aromatic rings. The fraction of sp³-hybridized carbons (Fsp3) is 0.714. The summed E-state index contributed by atoms with van der Waals surface area (Å²) in [6.45, 7) is 3.60. The summed E-state index contributed by atoms with van der Waals surface area (Å²) in [6.07, 6.45) is -12.9. The molecule has 0 radical (unpaired) electrons. The maximum absolute atomic E-state index is 14.3. The second kappa shape index (κ2) is 10.9. The first-order valence-corrected chi connectivity index (χ1v) is 10.5. The summed E-state index contributed by atoms with van der Waals surface area (Å²) >= 11 is 0. The monoisotopic (exact) mass is 626 g/mol. The molecule has 0 heterocycles. The fourth-order valence-corrected chi connectivity index (χ4v) is 2.94. The van der Waals surface area contributed by atoms with Gasteiger partial charge >= 0.3 is 47.6 Å². The second-order valence-electron chi connectivity index (χ2n) is 8.85. The Morgan fingerprint density at radius 2 is 0.950 bits per heavy atom. The highest BCUT2D eigenvalue weighted by Crippen LogP contribution is 2.64. The van der Waals surface area contributed by atoms with Crippen molar-refractivity contribution in [2.75, 3.05) is 13.7 Å². The van der Waals surface area contributed by atoms with Crippen molar-refractivity contribution >= 4 is 0 Å². The first kappa shape index (κ1) is 35.8. The zero-order valence-corrected chi connectivity index (χ0v) is 20.1. The largest absolute Gasteiger partial charge is 0.493 e. The molecule has 0 aliphatic carbocycles. The average molecular weight is 626 g/mol. The molecule has 19 heteroatoms. The average Bonchev–Trinajstić information content (AvgIpc) is 2.80. The molecule has 0 aliphatic heterocycles. The quantitative estimate of drug-likeness (QED) is 0.204. The molecule has 1 aromatic carbocycles. The number of hydrogen-bond donors (Lipinski definition) is 0. The minimum atomic E-state index is -8.66. The molecule has 40 heavy (non-hydrogen) atoms. The Morgan fingerprint density at radius 1 is 0.575 bits per heavy atom. The minimum absolute atomic E-state index is 0.000799. The van der Waals surface area contributed by atoms with Gasteiger partial charge in [0, 0.05) is 13.5 Å². The molecule has 1 rings (SSSR count). The van der Waals surface area contributed by atoms with E-state index in [2.05, 4.69) is 4.74 Å². The van der Waals surface area contributed by atoms with E-state index < -0.39 is 65.7 Å². The van der Waals surface area contributed by atoms with E-state index in [1.165, 1.54) is 0 Å². The molecule has 0 saturated heterocycles. The second-order valence-corrected chi connectivity index (χ2v) is 8.85. The van der Waals surface area contributed by atoms with Crippen LogP contribution in [-0.2, 0) is 4.74 Å². The third-order valence-corrected chi connectivity index (χ3v) is 5.35. The van der Waals surface area contributed by atoms with Crippen LogP contribution in [0.4, 0.5) is 74.6 Å². The lowest BCUT2D eigenvalue weighted by Crippen LogP contribution is -2.74. The highest BCUT2D eigenvalue weighted by atomic mass is 19.4. The van der Waals surface area contributed by atoms with E-state index in [9.17, 15) is 74.6 Å². The molecule has 0 spiro atoms. The summed E-state index contributed by atoms with van der Waals surface area (Å²) in [5.41, 5.74) is -0.522. The van der Waals surface area contributed by atoms with Crippen molar-refractivity contribution in [3.8, 4) is 5.75 Å². The van der Waals surface area contributed by atoms with Gasteiger partial charge in [0.1, 0.15) is 5.75 Å². The van der Waals surface area contributed by atoms with Gasteiger partial charge in [-0.15, -0.1) is 0 Å². The van der Waals surface area contributed by atoms with E-state index in [4.69, 9.17) is 4.74 Å². The summed E-state index contributed by atoms with van der Waals surface area (Å²) < 4.78 is 238. The molecule has 0 aromatic heterocycles. The third kappa shape index (κ3) is 5.75. The Morgan fingerprint density at radius 3 is 1.30 bits per heavy atom. The van der Waals surface area contributed by atoms with Crippen molar-refractivity contribution in [2.24, 2.45) is 5.92 Å². The highest BCUT2D eigenvalue weighted by molar-refractivity contribution is 5.29. The molecule has 0 bridgehead atoms. The van der Waals surface area contributed by atoms with Crippen molar-refractivity contribution in [2.45, 2.75) is 74.0 Å². The Bertz CT molecular complexity index is 984. The standard InChI is InChI=1S/C21H19F17O2/c1-10(2)9-40-12-6-4-11(5-7-12)13(39-3)8-14(22,23)15(24,25)16(26,27)17(28,29)18(30,31)19(32,33)20(34,35)21(36,37)38/h4-7,10,13H,8-9H2,1-3H3. The van der Waals surface area contributed by atoms with Crippen LogP contribution in [-0.4, -0.2) is 61.4 Å². The summed E-state index contributed by atoms with van der Waals surface area (Å²) in [5.74, 6) is -56.6. The fourth-order valence-electron chi connectivity index (χ4n) is 2.94. The molecular weight excluding hydrogens is 607 g/mol. The van der Waals surface area contributed by atoms with Crippen molar-refractivity contribution in [3.05, 3.63) is 29.8 Å². The van der Waals surface area contributed by atoms with Gasteiger partial charge in [-0.05, 0) is 23.6 Å². The first-order chi connectivity index (χ1) is 17.6. The summed E-state index contributed by atoms with van der Waals surface area (Å²) in [5, 5.41) is 0. The maximum Gasteiger partial charge on any atom is 0.460 e. The van der Waals surface area contributed by atoms with Gasteiger partial charge in [0.05, 0.1) is 12.7 Å². The van der Waals surface area contributed by atoms with E-state index >= 15 is 0 Å². The molecule has 0 aliphatic rings. The first-order valence-electron chi connectivity index (χ1n) is 10.5. The van der Waals surface area contributed by atoms with Crippen LogP contribution in [0.25, 0.3) is 0 Å². The van der Waals surface area contributed by atoms with Gasteiger partial charge in [0.2, 0.25) is 0 Å². The van der Waals surface area contributed by atoms with E-state index in [1.807, 2.05) is 0 Å². The topological polar surface area (TPSA) is 18.5 Å². The summed E-state index contributed by atoms with van der Waals surface area (Å²) in [6, 6.07) is 3.82. The van der Waals surface area contributed by atoms with Gasteiger partial charge in [-0.25, -0.2) is 0 Å². The molecule has 1 atom stereocenters. The minimum Gasteiger partial charge on any atom is -0.493 e. The van der Waals surface area contributed by atoms with Crippen LogP contribution >= 0.6 is 0 Å². The lowest BCUT2D eigenvalue weighted by atomic mass is 9.87. The molecule has 0 saturated carbocycles. The molecule has 0 fully saturated rings. The zero-order valence-electron chi connectivity index (χ0n) is 20.1. The number of rotatable bonds is 13. The Hall–Kier alpha value is -2.21. The van der Waals surface area contributed by atoms with Crippen LogP contribution in [0.1, 0.15) is 31.9 Å². The lowest BCUT2D eigenvalue weighted by Gasteiger charge is -2.43. The number of ether oxygens (including phenoxy) is 2. The van der Waals surface area contributed by atoms with Gasteiger partial charge in [0.25, 0.3) is 0 Å². The third-order valence-electron chi connectivity index (χ3n) is 5.35. The van der Waals surface area contributed by atoms with Crippen LogP contribution < -0.4 is 4.74 Å². The Kier molecular flexibility index (Phi) is 9.75. The van der Waals surface area contributed by atoms with Gasteiger partial charge in [-0.3, -0.25) is 0 Å². The SMILES string of the molecule is COC(CC(F)(F)C(F)(F)C(F)(F)C(F)(F)C(F)(F)C(F)(F)C(F)(F)C(F)(F)F)c1ccc(OCC(C)C)cc1. The van der Waals surface area contributed by atoms with Gasteiger partial charge in [-0.1, -0.05) is 26.0 Å². The van der Waals surface area contributed by atoms with Crippen molar-refractivity contribution < 1.29 is 84.1 Å². The summed E-state index contributed by atoms with van der Waals surface area (Å²) in [7, 11) is 0.530. The van der Waals surface area contributed by atoms with Crippen LogP contribution in [0.2, 0.25) is 0 Å². The number of benzene rings is 1. The van der Waals surface area contributed by atoms with E-state index in [1.54, 1.807) is 13.8 Å². The van der Waals surface area contributed by atoms with Crippen LogP contribution in [0.15, 0.2) is 24.3 Å². The Balaban J connectivity index is 3.46. The number of hydrogen-bond acceptors (Lipinski definition) is 2. The molecule has 2 nitrogen and oxygen atoms in total. The highest BCUT2D eigenvalue weighted by Gasteiger charge is 2.95. The van der Waals surface area contributed by atoms with E-state index in [0.29, 0.717) is 7.11 Å². The smallest absolute Gasteiger partial charge is 0.460 e. The van der Waals surface area contributed by atoms with E-state index in [-0.39, 0.29) is 18.3 Å². The predicted molar refractivity (Wildman–Crippen MR) is 102 cm³/mol. The normalized spacial score (nSPS) is 15.9. The van der Waals surface area contributed by atoms with Crippen LogP contribution in [0.5, 0.6) is 5.75 Å². The number of methoxy groups -OCH3 is 1. The van der Waals surface area contributed by atoms with Crippen molar-refractivity contribution in [3.63, 3.8) is 0 Å². The zero-order chi connectivity index (χ0) is 32.0. The van der Waals surface area contributed by atoms with Crippen LogP contribution in [0, 0.1) is 5.92 Å². The van der Waals surface area contributed by atoms with E-state index in [0.717, 1.165) is 24.3 Å². The summed E-state index contributed by atoms with van der Waals surface area (Å²) in [4.78, 5) is 0. The van der Waals surface area contributed by atoms with Crippen LogP contribution in [0.3, 0.4) is 0 Å². The van der Waals surface area contributed by atoms with Crippen molar-refractivity contribution in [1.29, 1.82) is 0 Å². The molecule has 0 N–H and O–H groups in total. The predicted octanol–water partition coefficient (Wildman–Crippen LogP) is 8.81. The number of alkyl halides is 17. The molecular formula is C21H19F17O2. The van der Waals surface area contributed by atoms with Gasteiger partial charge in [0.15, 0.2) is 0 Å². The van der Waals surface area contributed by atoms with Gasteiger partial charge < -0.3 is 9.47 Å². The van der Waals surface area contributed by atoms with Gasteiger partial charge in [-0.2, -0.15) is 74.6 Å². The molecule has 234 valence electrons. The molecule has 1 unspecified atom stereocenters. The lowest BCUT2D eigenvalue weighted by molar-refractivity contribution is -0.462. The maximum atomic E-state index is 14.3. The number of halogens is 17. The van der Waals surface area contributed by atoms with Crippen molar-refractivity contribution in [1.82, 2.24) is 0 Å². The molecule has 0 amide bonds.